The van der Waals surface area contributed by atoms with Gasteiger partial charge in [0.25, 0.3) is 5.91 Å². The van der Waals surface area contributed by atoms with Gasteiger partial charge in [0.15, 0.2) is 5.82 Å². The van der Waals surface area contributed by atoms with Crippen LogP contribution in [0.3, 0.4) is 0 Å². The Balaban J connectivity index is 1.59. The van der Waals surface area contributed by atoms with E-state index in [4.69, 9.17) is 4.98 Å². The van der Waals surface area contributed by atoms with E-state index in [-0.39, 0.29) is 11.9 Å². The van der Waals surface area contributed by atoms with Crippen LogP contribution in [0.5, 0.6) is 0 Å². The highest BCUT2D eigenvalue weighted by molar-refractivity contribution is 5.92. The van der Waals surface area contributed by atoms with Crippen molar-refractivity contribution in [3.05, 3.63) is 59.4 Å². The predicted octanol–water partition coefficient (Wildman–Crippen LogP) is 2.38. The van der Waals surface area contributed by atoms with Gasteiger partial charge in [0.1, 0.15) is 5.69 Å². The fraction of sp³-hybridized carbons (Fsp3) is 0.278. The van der Waals surface area contributed by atoms with Crippen LogP contribution in [0.15, 0.2) is 36.8 Å². The second-order valence-corrected chi connectivity index (χ2v) is 6.19. The van der Waals surface area contributed by atoms with Crippen molar-refractivity contribution in [2.24, 2.45) is 0 Å². The van der Waals surface area contributed by atoms with Crippen molar-refractivity contribution in [1.82, 2.24) is 30.5 Å². The van der Waals surface area contributed by atoms with Crippen molar-refractivity contribution < 1.29 is 4.79 Å². The molecular formula is C18H18N6O. The molecule has 0 aliphatic heterocycles. The van der Waals surface area contributed by atoms with Crippen molar-refractivity contribution in [1.29, 1.82) is 0 Å². The number of carbonyl (C=O) groups is 1. The molecule has 126 valence electrons. The molecule has 1 amide bonds. The van der Waals surface area contributed by atoms with Crippen LogP contribution < -0.4 is 5.32 Å². The lowest BCUT2D eigenvalue weighted by Crippen LogP contribution is -2.31. The van der Waals surface area contributed by atoms with E-state index >= 15 is 0 Å². The van der Waals surface area contributed by atoms with Gasteiger partial charge in [0.05, 0.1) is 6.04 Å². The van der Waals surface area contributed by atoms with Gasteiger partial charge in [-0.1, -0.05) is 0 Å². The maximum absolute atomic E-state index is 12.4. The average Bonchev–Trinajstić information content (AvgIpc) is 3.09. The summed E-state index contributed by atoms with van der Waals surface area (Å²) in [5.74, 6) is 0.486. The van der Waals surface area contributed by atoms with Crippen LogP contribution in [0, 0.1) is 6.92 Å². The molecule has 0 spiro atoms. The van der Waals surface area contributed by atoms with E-state index in [1.165, 1.54) is 0 Å². The molecule has 0 aromatic carbocycles. The Morgan fingerprint density at radius 3 is 3.04 bits per heavy atom. The van der Waals surface area contributed by atoms with Gasteiger partial charge in [-0.3, -0.25) is 14.9 Å². The van der Waals surface area contributed by atoms with Gasteiger partial charge in [-0.15, -0.1) is 0 Å². The van der Waals surface area contributed by atoms with Crippen LogP contribution >= 0.6 is 0 Å². The summed E-state index contributed by atoms with van der Waals surface area (Å²) in [7, 11) is 0. The molecule has 3 heterocycles. The monoisotopic (exact) mass is 334 g/mol. The minimum atomic E-state index is -0.182. The molecule has 1 aliphatic rings. The Kier molecular flexibility index (Phi) is 3.97. The summed E-state index contributed by atoms with van der Waals surface area (Å²) in [4.78, 5) is 25.7. The standard InChI is InChI=1S/C18H18N6O/c1-11-8-16(24-23-11)18(25)22-15-6-2-5-14-13(15)10-20-17(21-14)12-4-3-7-19-9-12/h3-4,7-10,15H,2,5-6H2,1H3,(H,22,25)(H,23,24)/t15-/m0/s1. The second kappa shape index (κ2) is 6.43. The first-order valence-electron chi connectivity index (χ1n) is 8.30. The van der Waals surface area contributed by atoms with Crippen LogP contribution in [0.4, 0.5) is 0 Å². The zero-order valence-corrected chi connectivity index (χ0v) is 13.9. The van der Waals surface area contributed by atoms with Gasteiger partial charge in [-0.2, -0.15) is 5.10 Å². The molecule has 0 saturated carbocycles. The predicted molar refractivity (Wildman–Crippen MR) is 91.7 cm³/mol. The Bertz CT molecular complexity index is 905. The lowest BCUT2D eigenvalue weighted by molar-refractivity contribution is 0.0927. The van der Waals surface area contributed by atoms with E-state index in [9.17, 15) is 4.79 Å². The van der Waals surface area contributed by atoms with Crippen molar-refractivity contribution in [3.63, 3.8) is 0 Å². The molecule has 0 unspecified atom stereocenters. The molecule has 25 heavy (non-hydrogen) atoms. The van der Waals surface area contributed by atoms with E-state index < -0.39 is 0 Å². The summed E-state index contributed by atoms with van der Waals surface area (Å²) >= 11 is 0. The number of amides is 1. The van der Waals surface area contributed by atoms with Gasteiger partial charge < -0.3 is 5.32 Å². The third-order valence-corrected chi connectivity index (χ3v) is 4.35. The fourth-order valence-corrected chi connectivity index (χ4v) is 3.10. The number of aryl methyl sites for hydroxylation is 2. The Labute approximate surface area is 144 Å². The number of carbonyl (C=O) groups excluding carboxylic acids is 1. The molecule has 2 N–H and O–H groups in total. The summed E-state index contributed by atoms with van der Waals surface area (Å²) in [6.07, 6.45) is 8.04. The summed E-state index contributed by atoms with van der Waals surface area (Å²) < 4.78 is 0. The third kappa shape index (κ3) is 3.13. The number of H-pyrrole nitrogens is 1. The highest BCUT2D eigenvalue weighted by atomic mass is 16.2. The Hall–Kier alpha value is -3.09. The van der Waals surface area contributed by atoms with Crippen molar-refractivity contribution in [2.75, 3.05) is 0 Å². The topological polar surface area (TPSA) is 96.5 Å². The minimum Gasteiger partial charge on any atom is -0.344 e. The zero-order valence-electron chi connectivity index (χ0n) is 13.9. The SMILES string of the molecule is Cc1cc(C(=O)N[C@H]2CCCc3nc(-c4cccnc4)ncc32)n[nH]1. The lowest BCUT2D eigenvalue weighted by atomic mass is 9.92. The lowest BCUT2D eigenvalue weighted by Gasteiger charge is -2.25. The second-order valence-electron chi connectivity index (χ2n) is 6.19. The Morgan fingerprint density at radius 2 is 2.28 bits per heavy atom. The molecule has 0 bridgehead atoms. The van der Waals surface area contributed by atoms with Gasteiger partial charge >= 0.3 is 0 Å². The maximum Gasteiger partial charge on any atom is 0.272 e. The van der Waals surface area contributed by atoms with Crippen LogP contribution in [0.1, 0.15) is 46.3 Å². The third-order valence-electron chi connectivity index (χ3n) is 4.35. The van der Waals surface area contributed by atoms with Crippen molar-refractivity contribution >= 4 is 5.91 Å². The van der Waals surface area contributed by atoms with Gasteiger partial charge in [0, 0.05) is 41.1 Å². The van der Waals surface area contributed by atoms with E-state index in [2.05, 4.69) is 25.5 Å². The molecular weight excluding hydrogens is 316 g/mol. The summed E-state index contributed by atoms with van der Waals surface area (Å²) in [5, 5.41) is 9.86. The number of aromatic amines is 1. The number of fused-ring (bicyclic) bond motifs is 1. The molecule has 3 aromatic heterocycles. The first kappa shape index (κ1) is 15.4. The number of pyridine rings is 1. The number of nitrogens with zero attached hydrogens (tertiary/aromatic N) is 4. The fourth-order valence-electron chi connectivity index (χ4n) is 3.10. The van der Waals surface area contributed by atoms with E-state index in [1.54, 1.807) is 18.5 Å². The first-order chi connectivity index (χ1) is 12.2. The molecule has 3 aromatic rings. The maximum atomic E-state index is 12.4. The van der Waals surface area contributed by atoms with Crippen LogP contribution in [0.2, 0.25) is 0 Å². The van der Waals surface area contributed by atoms with Crippen LogP contribution in [0.25, 0.3) is 11.4 Å². The first-order valence-corrected chi connectivity index (χ1v) is 8.30. The average molecular weight is 334 g/mol. The summed E-state index contributed by atoms with van der Waals surface area (Å²) in [6.45, 7) is 1.87. The molecule has 0 fully saturated rings. The summed E-state index contributed by atoms with van der Waals surface area (Å²) in [6, 6.07) is 5.46. The zero-order chi connectivity index (χ0) is 17.2. The van der Waals surface area contributed by atoms with E-state index in [0.717, 1.165) is 41.8 Å². The van der Waals surface area contributed by atoms with Crippen LogP contribution in [-0.4, -0.2) is 31.1 Å². The number of rotatable bonds is 3. The molecule has 7 heteroatoms. The van der Waals surface area contributed by atoms with E-state index in [0.29, 0.717) is 11.5 Å². The molecule has 1 aliphatic carbocycles. The van der Waals surface area contributed by atoms with Crippen LogP contribution in [-0.2, 0) is 6.42 Å². The van der Waals surface area contributed by atoms with Gasteiger partial charge in [0.2, 0.25) is 0 Å². The highest BCUT2D eigenvalue weighted by Crippen LogP contribution is 2.29. The molecule has 4 rings (SSSR count). The van der Waals surface area contributed by atoms with Gasteiger partial charge in [-0.25, -0.2) is 9.97 Å². The smallest absolute Gasteiger partial charge is 0.272 e. The van der Waals surface area contributed by atoms with Gasteiger partial charge in [-0.05, 0) is 44.4 Å². The summed E-state index contributed by atoms with van der Waals surface area (Å²) in [5.41, 5.74) is 4.13. The number of hydrogen-bond acceptors (Lipinski definition) is 5. The number of hydrogen-bond donors (Lipinski definition) is 2. The quantitative estimate of drug-likeness (QED) is 0.766. The molecule has 1 atom stereocenters. The van der Waals surface area contributed by atoms with Crippen molar-refractivity contribution in [2.45, 2.75) is 32.2 Å². The van der Waals surface area contributed by atoms with E-state index in [1.807, 2.05) is 25.3 Å². The minimum absolute atomic E-state index is 0.0868. The number of aromatic nitrogens is 5. The normalized spacial score (nSPS) is 16.3. The largest absolute Gasteiger partial charge is 0.344 e. The molecule has 0 saturated heterocycles. The Morgan fingerprint density at radius 1 is 1.36 bits per heavy atom. The number of nitrogens with one attached hydrogen (secondary N) is 2. The highest BCUT2D eigenvalue weighted by Gasteiger charge is 2.25. The molecule has 7 nitrogen and oxygen atoms in total. The van der Waals surface area contributed by atoms with Crippen molar-refractivity contribution in [3.8, 4) is 11.4 Å². The molecule has 0 radical (unpaired) electrons.